The lowest BCUT2D eigenvalue weighted by Gasteiger charge is -2.31. The van der Waals surface area contributed by atoms with E-state index in [0.717, 1.165) is 18.5 Å². The van der Waals surface area contributed by atoms with Crippen molar-refractivity contribution in [1.82, 2.24) is 0 Å². The molecule has 26 heavy (non-hydrogen) atoms. The fourth-order valence-corrected chi connectivity index (χ4v) is 5.41. The normalized spacial score (nSPS) is 21.0. The van der Waals surface area contributed by atoms with E-state index in [2.05, 4.69) is 42.5 Å². The van der Waals surface area contributed by atoms with Gasteiger partial charge in [-0.1, -0.05) is 48.5 Å². The average molecular weight is 359 g/mol. The van der Waals surface area contributed by atoms with E-state index in [1.807, 2.05) is 30.0 Å². The average Bonchev–Trinajstić information content (AvgIpc) is 2.85. The molecule has 0 fully saturated rings. The largest absolute Gasteiger partial charge is 0.251 e. The third kappa shape index (κ3) is 2.67. The van der Waals surface area contributed by atoms with E-state index in [-0.39, 0.29) is 11.1 Å². The Kier molecular flexibility index (Phi) is 3.90. The molecule has 3 heteroatoms. The maximum absolute atomic E-state index is 13.5. The van der Waals surface area contributed by atoms with E-state index in [1.165, 1.54) is 27.3 Å². The van der Waals surface area contributed by atoms with Gasteiger partial charge < -0.3 is 0 Å². The number of aryl methyl sites for hydroxylation is 1. The second-order valence-electron chi connectivity index (χ2n) is 6.86. The highest BCUT2D eigenvalue weighted by molar-refractivity contribution is 7.99. The third-order valence-corrected chi connectivity index (χ3v) is 6.75. The highest BCUT2D eigenvalue weighted by Crippen LogP contribution is 2.50. The maximum atomic E-state index is 13.5. The number of rotatable bonds is 1. The number of hydrogen-bond donors (Lipinski definition) is 0. The number of hydrogen-bond acceptors (Lipinski definition) is 2. The predicted molar refractivity (Wildman–Crippen MR) is 106 cm³/mol. The SMILES string of the molecule is Fc1ccc([C@H]2Sc3ccccc3N=C3c4ccccc4CC[C@@H]32)cc1. The molecule has 0 bridgehead atoms. The first-order chi connectivity index (χ1) is 12.8. The first kappa shape index (κ1) is 15.8. The Balaban J connectivity index is 1.70. The standard InChI is InChI=1S/C23H18FNS/c24-17-12-9-16(10-13-17)23-19-14-11-15-5-1-2-6-18(15)22(19)25-20-7-3-4-8-21(20)26-23/h1-10,12-13,19,23H,11,14H2/t19-,23+/m0/s1. The molecule has 0 N–H and O–H groups in total. The summed E-state index contributed by atoms with van der Waals surface area (Å²) in [5, 5.41) is 0.242. The molecule has 1 aliphatic heterocycles. The van der Waals surface area contributed by atoms with Gasteiger partial charge >= 0.3 is 0 Å². The fraction of sp³-hybridized carbons (Fsp3) is 0.174. The van der Waals surface area contributed by atoms with Gasteiger partial charge in [0.1, 0.15) is 5.82 Å². The van der Waals surface area contributed by atoms with E-state index in [0.29, 0.717) is 5.92 Å². The molecule has 1 heterocycles. The van der Waals surface area contributed by atoms with Crippen LogP contribution >= 0.6 is 11.8 Å². The van der Waals surface area contributed by atoms with Crippen molar-refractivity contribution in [1.29, 1.82) is 0 Å². The molecule has 0 spiro atoms. The Labute approximate surface area is 157 Å². The maximum Gasteiger partial charge on any atom is 0.123 e. The number of fused-ring (bicyclic) bond motifs is 4. The quantitative estimate of drug-likeness (QED) is 0.493. The highest BCUT2D eigenvalue weighted by Gasteiger charge is 2.35. The van der Waals surface area contributed by atoms with Crippen molar-refractivity contribution >= 4 is 23.2 Å². The third-order valence-electron chi connectivity index (χ3n) is 5.29. The number of thioether (sulfide) groups is 1. The predicted octanol–water partition coefficient (Wildman–Crippen LogP) is 6.36. The number of halogens is 1. The van der Waals surface area contributed by atoms with Crippen LogP contribution in [0.3, 0.4) is 0 Å². The van der Waals surface area contributed by atoms with Crippen molar-refractivity contribution in [2.45, 2.75) is 23.0 Å². The van der Waals surface area contributed by atoms with Crippen LogP contribution in [0.25, 0.3) is 0 Å². The second kappa shape index (κ2) is 6.40. The smallest absolute Gasteiger partial charge is 0.123 e. The molecule has 2 aliphatic rings. The van der Waals surface area contributed by atoms with Gasteiger partial charge in [-0.2, -0.15) is 0 Å². The Bertz CT molecular complexity index is 993. The first-order valence-corrected chi connectivity index (χ1v) is 9.85. The molecule has 0 radical (unpaired) electrons. The first-order valence-electron chi connectivity index (χ1n) is 8.97. The van der Waals surface area contributed by atoms with Crippen LogP contribution in [0.2, 0.25) is 0 Å². The fourth-order valence-electron chi connectivity index (χ4n) is 4.02. The summed E-state index contributed by atoms with van der Waals surface area (Å²) in [4.78, 5) is 6.31. The molecule has 3 aromatic carbocycles. The van der Waals surface area contributed by atoms with Gasteiger partial charge in [0.15, 0.2) is 0 Å². The minimum Gasteiger partial charge on any atom is -0.251 e. The van der Waals surface area contributed by atoms with Crippen LogP contribution in [0.4, 0.5) is 10.1 Å². The molecule has 1 nitrogen and oxygen atoms in total. The van der Waals surface area contributed by atoms with Crippen LogP contribution in [-0.2, 0) is 6.42 Å². The minimum atomic E-state index is -0.185. The Morgan fingerprint density at radius 1 is 0.885 bits per heavy atom. The van der Waals surface area contributed by atoms with Gasteiger partial charge in [-0.3, -0.25) is 4.99 Å². The topological polar surface area (TPSA) is 12.4 Å². The lowest BCUT2D eigenvalue weighted by molar-refractivity contribution is 0.594. The summed E-state index contributed by atoms with van der Waals surface area (Å²) in [6.45, 7) is 0. The van der Waals surface area contributed by atoms with Crippen molar-refractivity contribution in [3.8, 4) is 0 Å². The van der Waals surface area contributed by atoms with Gasteiger partial charge in [0, 0.05) is 16.1 Å². The summed E-state index contributed by atoms with van der Waals surface area (Å²) in [6, 6.07) is 24.0. The molecule has 2 atom stereocenters. The second-order valence-corrected chi connectivity index (χ2v) is 8.04. The summed E-state index contributed by atoms with van der Waals surface area (Å²) in [7, 11) is 0. The van der Waals surface area contributed by atoms with Crippen molar-refractivity contribution in [2.75, 3.05) is 0 Å². The molecule has 128 valence electrons. The van der Waals surface area contributed by atoms with Gasteiger partial charge in [-0.15, -0.1) is 11.8 Å². The zero-order chi connectivity index (χ0) is 17.5. The summed E-state index contributed by atoms with van der Waals surface area (Å²) >= 11 is 1.86. The molecule has 0 amide bonds. The van der Waals surface area contributed by atoms with Crippen LogP contribution in [0.1, 0.15) is 28.4 Å². The molecule has 5 rings (SSSR count). The molecule has 0 aromatic heterocycles. The Morgan fingerprint density at radius 2 is 1.65 bits per heavy atom. The molecular formula is C23H18FNS. The van der Waals surface area contributed by atoms with Crippen LogP contribution in [0.15, 0.2) is 82.7 Å². The van der Waals surface area contributed by atoms with Crippen LogP contribution < -0.4 is 0 Å². The number of para-hydroxylation sites is 1. The van der Waals surface area contributed by atoms with Crippen molar-refractivity contribution < 1.29 is 4.39 Å². The summed E-state index contributed by atoms with van der Waals surface area (Å²) in [5.74, 6) is 0.142. The molecule has 0 unspecified atom stereocenters. The Hall–Kier alpha value is -2.39. The zero-order valence-electron chi connectivity index (χ0n) is 14.2. The van der Waals surface area contributed by atoms with E-state index < -0.39 is 0 Å². The molecule has 1 aliphatic carbocycles. The van der Waals surface area contributed by atoms with Crippen molar-refractivity contribution in [3.63, 3.8) is 0 Å². The van der Waals surface area contributed by atoms with E-state index in [4.69, 9.17) is 4.99 Å². The molecule has 3 aromatic rings. The lowest BCUT2D eigenvalue weighted by Crippen LogP contribution is -2.27. The van der Waals surface area contributed by atoms with Crippen LogP contribution in [0.5, 0.6) is 0 Å². The minimum absolute atomic E-state index is 0.185. The monoisotopic (exact) mass is 359 g/mol. The highest BCUT2D eigenvalue weighted by atomic mass is 32.2. The van der Waals surface area contributed by atoms with E-state index in [9.17, 15) is 4.39 Å². The number of aliphatic imine (C=N–C) groups is 1. The molecular weight excluding hydrogens is 341 g/mol. The van der Waals surface area contributed by atoms with Crippen molar-refractivity contribution in [3.05, 3.63) is 95.3 Å². The lowest BCUT2D eigenvalue weighted by atomic mass is 9.78. The van der Waals surface area contributed by atoms with Gasteiger partial charge in [0.25, 0.3) is 0 Å². The van der Waals surface area contributed by atoms with Gasteiger partial charge in [-0.25, -0.2) is 4.39 Å². The molecule has 0 saturated carbocycles. The number of nitrogens with zero attached hydrogens (tertiary/aromatic N) is 1. The van der Waals surface area contributed by atoms with Crippen molar-refractivity contribution in [2.24, 2.45) is 10.9 Å². The summed E-state index contributed by atoms with van der Waals surface area (Å²) < 4.78 is 13.5. The molecule has 0 saturated heterocycles. The zero-order valence-corrected chi connectivity index (χ0v) is 15.0. The Morgan fingerprint density at radius 3 is 2.54 bits per heavy atom. The summed E-state index contributed by atoms with van der Waals surface area (Å²) in [5.41, 5.74) is 6.04. The van der Waals surface area contributed by atoms with Crippen LogP contribution in [0, 0.1) is 11.7 Å². The van der Waals surface area contributed by atoms with Crippen LogP contribution in [-0.4, -0.2) is 5.71 Å². The van der Waals surface area contributed by atoms with Gasteiger partial charge in [-0.05, 0) is 53.8 Å². The number of benzene rings is 3. The van der Waals surface area contributed by atoms with Gasteiger partial charge in [0.2, 0.25) is 0 Å². The summed E-state index contributed by atoms with van der Waals surface area (Å²) in [6.07, 6.45) is 2.13. The van der Waals surface area contributed by atoms with Gasteiger partial charge in [0.05, 0.1) is 11.4 Å². The van der Waals surface area contributed by atoms with E-state index in [1.54, 1.807) is 12.1 Å². The van der Waals surface area contributed by atoms with E-state index >= 15 is 0 Å².